The summed E-state index contributed by atoms with van der Waals surface area (Å²) in [6, 6.07) is -0.0993. The van der Waals surface area contributed by atoms with Gasteiger partial charge in [0.05, 0.1) is 12.6 Å². The summed E-state index contributed by atoms with van der Waals surface area (Å²) in [4.78, 5) is 16.6. The summed E-state index contributed by atoms with van der Waals surface area (Å²) in [7, 11) is 0. The van der Waals surface area contributed by atoms with Crippen molar-refractivity contribution in [1.82, 2.24) is 25.3 Å². The molecule has 0 aliphatic carbocycles. The normalized spacial score (nSPS) is 23.0. The predicted molar refractivity (Wildman–Crippen MR) is 82.9 cm³/mol. The molecule has 1 N–H and O–H groups in total. The molecular weight excluding hydrogens is 298 g/mol. The van der Waals surface area contributed by atoms with Crippen LogP contribution in [0.3, 0.4) is 0 Å². The van der Waals surface area contributed by atoms with Crippen LogP contribution in [0.25, 0.3) is 0 Å². The highest BCUT2D eigenvalue weighted by atomic mass is 16.5. The number of urea groups is 1. The molecule has 1 atom stereocenters. The minimum absolute atomic E-state index is 0.0898. The fourth-order valence-corrected chi connectivity index (χ4v) is 3.12. The molecule has 2 aliphatic rings. The van der Waals surface area contributed by atoms with E-state index in [0.29, 0.717) is 31.5 Å². The number of nitrogens with one attached hydrogen (secondary N) is 1. The standard InChI is InChI=1S/C15H25N5O3/c1-12-17-18-14(23-12)9-16-15(21)20-7-4-8-22-13(11-20)10-19-5-2-3-6-19/h13H,2-11H2,1H3,(H,16,21). The first-order chi connectivity index (χ1) is 11.2. The average Bonchev–Trinajstić information content (AvgIpc) is 3.13. The lowest BCUT2D eigenvalue weighted by molar-refractivity contribution is 0.0349. The zero-order valence-electron chi connectivity index (χ0n) is 13.7. The van der Waals surface area contributed by atoms with Crippen molar-refractivity contribution < 1.29 is 13.9 Å². The third kappa shape index (κ3) is 4.65. The molecule has 0 aromatic carbocycles. The van der Waals surface area contributed by atoms with Crippen LogP contribution in [0, 0.1) is 6.92 Å². The molecule has 2 aliphatic heterocycles. The number of hydrogen-bond donors (Lipinski definition) is 1. The Morgan fingerprint density at radius 2 is 2.09 bits per heavy atom. The summed E-state index contributed by atoms with van der Waals surface area (Å²) >= 11 is 0. The molecule has 2 amide bonds. The van der Waals surface area contributed by atoms with Crippen molar-refractivity contribution in [3.05, 3.63) is 11.8 Å². The fourth-order valence-electron chi connectivity index (χ4n) is 3.12. The Morgan fingerprint density at radius 3 is 2.83 bits per heavy atom. The van der Waals surface area contributed by atoms with Gasteiger partial charge in [-0.2, -0.15) is 0 Å². The zero-order chi connectivity index (χ0) is 16.1. The first-order valence-corrected chi connectivity index (χ1v) is 8.36. The van der Waals surface area contributed by atoms with Gasteiger partial charge in [-0.1, -0.05) is 0 Å². The number of ether oxygens (including phenoxy) is 1. The van der Waals surface area contributed by atoms with E-state index in [1.165, 1.54) is 12.8 Å². The van der Waals surface area contributed by atoms with Gasteiger partial charge >= 0.3 is 6.03 Å². The van der Waals surface area contributed by atoms with Crippen LogP contribution in [-0.4, -0.2) is 71.5 Å². The van der Waals surface area contributed by atoms with Crippen molar-refractivity contribution in [1.29, 1.82) is 0 Å². The number of carbonyl (C=O) groups excluding carboxylic acids is 1. The van der Waals surface area contributed by atoms with Gasteiger partial charge in [0.25, 0.3) is 0 Å². The predicted octanol–water partition coefficient (Wildman–Crippen LogP) is 0.774. The average molecular weight is 323 g/mol. The molecule has 3 rings (SSSR count). The number of aromatic nitrogens is 2. The topological polar surface area (TPSA) is 83.7 Å². The van der Waals surface area contributed by atoms with Crippen molar-refractivity contribution in [3.8, 4) is 0 Å². The molecule has 2 fully saturated rings. The Bertz CT molecular complexity index is 515. The molecule has 2 saturated heterocycles. The van der Waals surface area contributed by atoms with Crippen LogP contribution in [-0.2, 0) is 11.3 Å². The summed E-state index contributed by atoms with van der Waals surface area (Å²) in [5.74, 6) is 0.929. The monoisotopic (exact) mass is 323 g/mol. The van der Waals surface area contributed by atoms with Gasteiger partial charge in [0.15, 0.2) is 0 Å². The maximum atomic E-state index is 12.4. The summed E-state index contributed by atoms with van der Waals surface area (Å²) in [5.41, 5.74) is 0. The van der Waals surface area contributed by atoms with Crippen LogP contribution >= 0.6 is 0 Å². The Hall–Kier alpha value is -1.67. The summed E-state index contributed by atoms with van der Waals surface area (Å²) in [6.07, 6.45) is 3.48. The summed E-state index contributed by atoms with van der Waals surface area (Å²) in [5, 5.41) is 10.5. The fraction of sp³-hybridized carbons (Fsp3) is 0.800. The summed E-state index contributed by atoms with van der Waals surface area (Å²) < 4.78 is 11.2. The molecule has 8 heteroatoms. The van der Waals surface area contributed by atoms with Gasteiger partial charge in [-0.15, -0.1) is 10.2 Å². The second-order valence-electron chi connectivity index (χ2n) is 6.17. The SMILES string of the molecule is Cc1nnc(CNC(=O)N2CCCOC(CN3CCCC3)C2)o1. The largest absolute Gasteiger partial charge is 0.424 e. The van der Waals surface area contributed by atoms with E-state index < -0.39 is 0 Å². The number of likely N-dealkylation sites (tertiary alicyclic amines) is 1. The van der Waals surface area contributed by atoms with E-state index in [1.807, 2.05) is 4.90 Å². The molecule has 0 radical (unpaired) electrons. The highest BCUT2D eigenvalue weighted by molar-refractivity contribution is 5.74. The molecule has 23 heavy (non-hydrogen) atoms. The minimum Gasteiger partial charge on any atom is -0.424 e. The van der Waals surface area contributed by atoms with Gasteiger partial charge in [-0.05, 0) is 32.4 Å². The molecule has 1 aromatic heterocycles. The Labute approximate surface area is 136 Å². The maximum absolute atomic E-state index is 12.4. The molecule has 3 heterocycles. The van der Waals surface area contributed by atoms with Crippen LogP contribution in [0.5, 0.6) is 0 Å². The lowest BCUT2D eigenvalue weighted by atomic mass is 10.3. The third-order valence-corrected chi connectivity index (χ3v) is 4.26. The van der Waals surface area contributed by atoms with Crippen molar-refractivity contribution in [2.75, 3.05) is 39.3 Å². The van der Waals surface area contributed by atoms with E-state index in [2.05, 4.69) is 20.4 Å². The van der Waals surface area contributed by atoms with Gasteiger partial charge in [-0.25, -0.2) is 4.79 Å². The van der Waals surface area contributed by atoms with E-state index in [9.17, 15) is 4.79 Å². The van der Waals surface area contributed by atoms with Gasteiger partial charge < -0.3 is 24.3 Å². The Kier molecular flexibility index (Phi) is 5.45. The molecule has 1 aromatic rings. The number of nitrogens with zero attached hydrogens (tertiary/aromatic N) is 4. The smallest absolute Gasteiger partial charge is 0.317 e. The highest BCUT2D eigenvalue weighted by Crippen LogP contribution is 2.12. The van der Waals surface area contributed by atoms with E-state index >= 15 is 0 Å². The van der Waals surface area contributed by atoms with Crippen LogP contribution in [0.15, 0.2) is 4.42 Å². The van der Waals surface area contributed by atoms with Crippen molar-refractivity contribution >= 4 is 6.03 Å². The van der Waals surface area contributed by atoms with Crippen LogP contribution in [0.2, 0.25) is 0 Å². The van der Waals surface area contributed by atoms with E-state index in [0.717, 1.165) is 26.1 Å². The molecule has 0 bridgehead atoms. The molecule has 0 spiro atoms. The first kappa shape index (κ1) is 16.2. The number of carbonyl (C=O) groups is 1. The lowest BCUT2D eigenvalue weighted by Crippen LogP contribution is -2.45. The minimum atomic E-state index is -0.0993. The zero-order valence-corrected chi connectivity index (χ0v) is 13.7. The Balaban J connectivity index is 1.49. The van der Waals surface area contributed by atoms with Gasteiger partial charge in [0.2, 0.25) is 11.8 Å². The van der Waals surface area contributed by atoms with Crippen LogP contribution < -0.4 is 5.32 Å². The van der Waals surface area contributed by atoms with Gasteiger partial charge in [0.1, 0.15) is 0 Å². The molecular formula is C15H25N5O3. The third-order valence-electron chi connectivity index (χ3n) is 4.26. The van der Waals surface area contributed by atoms with Gasteiger partial charge in [-0.3, -0.25) is 0 Å². The van der Waals surface area contributed by atoms with Crippen LogP contribution in [0.4, 0.5) is 4.79 Å². The van der Waals surface area contributed by atoms with Crippen molar-refractivity contribution in [2.45, 2.75) is 38.8 Å². The first-order valence-electron chi connectivity index (χ1n) is 8.36. The van der Waals surface area contributed by atoms with Crippen LogP contribution in [0.1, 0.15) is 31.0 Å². The number of hydrogen-bond acceptors (Lipinski definition) is 6. The maximum Gasteiger partial charge on any atom is 0.317 e. The van der Waals surface area contributed by atoms with E-state index in [-0.39, 0.29) is 18.7 Å². The second kappa shape index (κ2) is 7.74. The number of rotatable bonds is 4. The molecule has 8 nitrogen and oxygen atoms in total. The Morgan fingerprint density at radius 1 is 1.26 bits per heavy atom. The van der Waals surface area contributed by atoms with E-state index in [1.54, 1.807) is 6.92 Å². The lowest BCUT2D eigenvalue weighted by Gasteiger charge is -2.27. The molecule has 0 saturated carbocycles. The second-order valence-corrected chi connectivity index (χ2v) is 6.17. The molecule has 1 unspecified atom stereocenters. The quantitative estimate of drug-likeness (QED) is 0.881. The summed E-state index contributed by atoms with van der Waals surface area (Å²) in [6.45, 7) is 7.24. The van der Waals surface area contributed by atoms with E-state index in [4.69, 9.17) is 9.15 Å². The van der Waals surface area contributed by atoms with Crippen molar-refractivity contribution in [3.63, 3.8) is 0 Å². The van der Waals surface area contributed by atoms with Crippen molar-refractivity contribution in [2.24, 2.45) is 0 Å². The number of amides is 2. The molecule has 128 valence electrons. The van der Waals surface area contributed by atoms with Gasteiger partial charge in [0, 0.05) is 33.2 Å². The highest BCUT2D eigenvalue weighted by Gasteiger charge is 2.25. The number of aryl methyl sites for hydroxylation is 1.